The van der Waals surface area contributed by atoms with Crippen molar-refractivity contribution >= 4 is 16.8 Å². The number of aliphatic hydroxyl groups is 1. The van der Waals surface area contributed by atoms with E-state index in [4.69, 9.17) is 0 Å². The molecule has 1 amide bonds. The van der Waals surface area contributed by atoms with Crippen molar-refractivity contribution in [3.8, 4) is 0 Å². The summed E-state index contributed by atoms with van der Waals surface area (Å²) in [4.78, 5) is 14.5. The van der Waals surface area contributed by atoms with E-state index in [1.807, 2.05) is 24.3 Å². The molecule has 106 valence electrons. The van der Waals surface area contributed by atoms with Crippen LogP contribution in [0.2, 0.25) is 0 Å². The topological polar surface area (TPSA) is 69.2 Å². The summed E-state index contributed by atoms with van der Waals surface area (Å²) in [5.74, 6) is -0.105. The molecule has 1 aliphatic heterocycles. The second-order valence-electron chi connectivity index (χ2n) is 5.93. The number of H-pyrrole nitrogens is 1. The molecule has 1 atom stereocenters. The molecule has 0 saturated carbocycles. The fourth-order valence-corrected chi connectivity index (χ4v) is 3.01. The monoisotopic (exact) mass is 273 g/mol. The number of para-hydroxylation sites is 1. The number of likely N-dealkylation sites (tertiary alicyclic amines) is 1. The molecule has 1 saturated heterocycles. The van der Waals surface area contributed by atoms with Gasteiger partial charge in [0, 0.05) is 11.9 Å². The summed E-state index contributed by atoms with van der Waals surface area (Å²) in [6, 6.07) is 7.44. The SMILES string of the molecule is CC(C)(O)C1CCCN1C(=O)c1n[nH]c2ccccc12. The third-order valence-electron chi connectivity index (χ3n) is 4.00. The number of aromatic amines is 1. The highest BCUT2D eigenvalue weighted by Gasteiger charge is 2.39. The second kappa shape index (κ2) is 4.59. The third kappa shape index (κ3) is 2.08. The van der Waals surface area contributed by atoms with E-state index in [2.05, 4.69) is 10.2 Å². The molecule has 0 bridgehead atoms. The van der Waals surface area contributed by atoms with Crippen molar-refractivity contribution in [3.63, 3.8) is 0 Å². The molecule has 2 N–H and O–H groups in total. The molecule has 0 spiro atoms. The van der Waals surface area contributed by atoms with Crippen LogP contribution in [0.15, 0.2) is 24.3 Å². The first-order valence-electron chi connectivity index (χ1n) is 6.95. The van der Waals surface area contributed by atoms with Gasteiger partial charge in [-0.1, -0.05) is 18.2 Å². The zero-order valence-electron chi connectivity index (χ0n) is 11.8. The largest absolute Gasteiger partial charge is 0.388 e. The molecule has 1 aromatic heterocycles. The zero-order valence-corrected chi connectivity index (χ0v) is 11.8. The summed E-state index contributed by atoms with van der Waals surface area (Å²) < 4.78 is 0. The Morgan fingerprint density at radius 2 is 2.20 bits per heavy atom. The summed E-state index contributed by atoms with van der Waals surface area (Å²) in [5.41, 5.74) is 0.407. The van der Waals surface area contributed by atoms with Gasteiger partial charge in [-0.15, -0.1) is 0 Å². The molecule has 1 aromatic carbocycles. The Hall–Kier alpha value is -1.88. The van der Waals surface area contributed by atoms with Crippen LogP contribution in [0.4, 0.5) is 0 Å². The number of amides is 1. The first-order chi connectivity index (χ1) is 9.48. The standard InChI is InChI=1S/C15H19N3O2/c1-15(2,20)12-8-5-9-18(12)14(19)13-10-6-3-4-7-11(10)16-17-13/h3-4,6-7,12,20H,5,8-9H2,1-2H3,(H,16,17). The van der Waals surface area contributed by atoms with E-state index in [0.717, 1.165) is 23.7 Å². The van der Waals surface area contributed by atoms with Gasteiger partial charge < -0.3 is 10.0 Å². The number of carbonyl (C=O) groups excluding carboxylic acids is 1. The van der Waals surface area contributed by atoms with Gasteiger partial charge in [0.1, 0.15) is 0 Å². The van der Waals surface area contributed by atoms with Crippen molar-refractivity contribution in [2.45, 2.75) is 38.3 Å². The van der Waals surface area contributed by atoms with Gasteiger partial charge in [0.05, 0.1) is 17.2 Å². The maximum absolute atomic E-state index is 12.7. The minimum absolute atomic E-state index is 0.105. The van der Waals surface area contributed by atoms with Gasteiger partial charge in [-0.05, 0) is 32.8 Å². The average Bonchev–Trinajstić information content (AvgIpc) is 3.04. The van der Waals surface area contributed by atoms with Crippen molar-refractivity contribution in [3.05, 3.63) is 30.0 Å². The Morgan fingerprint density at radius 3 is 2.95 bits per heavy atom. The van der Waals surface area contributed by atoms with E-state index < -0.39 is 5.60 Å². The Kier molecular flexibility index (Phi) is 3.01. The predicted molar refractivity (Wildman–Crippen MR) is 76.5 cm³/mol. The summed E-state index contributed by atoms with van der Waals surface area (Å²) >= 11 is 0. The lowest BCUT2D eigenvalue weighted by molar-refractivity contribution is 0.000187. The number of rotatable bonds is 2. The number of hydrogen-bond donors (Lipinski definition) is 2. The van der Waals surface area contributed by atoms with Crippen LogP contribution in [-0.4, -0.2) is 44.3 Å². The highest BCUT2D eigenvalue weighted by molar-refractivity contribution is 6.04. The van der Waals surface area contributed by atoms with E-state index in [1.54, 1.807) is 18.7 Å². The van der Waals surface area contributed by atoms with Crippen LogP contribution in [0.1, 0.15) is 37.2 Å². The van der Waals surface area contributed by atoms with Gasteiger partial charge >= 0.3 is 0 Å². The van der Waals surface area contributed by atoms with Crippen LogP contribution in [-0.2, 0) is 0 Å². The summed E-state index contributed by atoms with van der Waals surface area (Å²) in [6.07, 6.45) is 1.75. The molecule has 1 unspecified atom stereocenters. The van der Waals surface area contributed by atoms with E-state index in [0.29, 0.717) is 12.2 Å². The Morgan fingerprint density at radius 1 is 1.45 bits per heavy atom. The van der Waals surface area contributed by atoms with Crippen molar-refractivity contribution < 1.29 is 9.90 Å². The van der Waals surface area contributed by atoms with Crippen LogP contribution in [0, 0.1) is 0 Å². The molecule has 3 rings (SSSR count). The normalized spacial score (nSPS) is 19.8. The molecule has 0 aliphatic carbocycles. The minimum Gasteiger partial charge on any atom is -0.388 e. The maximum Gasteiger partial charge on any atom is 0.275 e. The summed E-state index contributed by atoms with van der Waals surface area (Å²) in [7, 11) is 0. The zero-order chi connectivity index (χ0) is 14.3. The molecular formula is C15H19N3O2. The van der Waals surface area contributed by atoms with Crippen molar-refractivity contribution in [2.24, 2.45) is 0 Å². The van der Waals surface area contributed by atoms with Gasteiger partial charge in [0.25, 0.3) is 5.91 Å². The first-order valence-corrected chi connectivity index (χ1v) is 6.95. The quantitative estimate of drug-likeness (QED) is 0.878. The van der Waals surface area contributed by atoms with Crippen LogP contribution >= 0.6 is 0 Å². The average molecular weight is 273 g/mol. The van der Waals surface area contributed by atoms with E-state index in [9.17, 15) is 9.90 Å². The maximum atomic E-state index is 12.7. The second-order valence-corrected chi connectivity index (χ2v) is 5.93. The molecule has 2 aromatic rings. The van der Waals surface area contributed by atoms with Crippen LogP contribution in [0.3, 0.4) is 0 Å². The molecule has 5 nitrogen and oxygen atoms in total. The van der Waals surface area contributed by atoms with E-state index >= 15 is 0 Å². The molecule has 20 heavy (non-hydrogen) atoms. The van der Waals surface area contributed by atoms with Crippen molar-refractivity contribution in [2.75, 3.05) is 6.54 Å². The number of fused-ring (bicyclic) bond motifs is 1. The predicted octanol–water partition coefficient (Wildman–Crippen LogP) is 1.94. The third-order valence-corrected chi connectivity index (χ3v) is 4.00. The van der Waals surface area contributed by atoms with Crippen LogP contribution < -0.4 is 0 Å². The number of nitrogens with zero attached hydrogens (tertiary/aromatic N) is 2. The Labute approximate surface area is 117 Å². The minimum atomic E-state index is -0.891. The molecule has 2 heterocycles. The fourth-order valence-electron chi connectivity index (χ4n) is 3.01. The first kappa shape index (κ1) is 13.1. The van der Waals surface area contributed by atoms with Gasteiger partial charge in [-0.3, -0.25) is 9.89 Å². The number of carbonyl (C=O) groups is 1. The smallest absolute Gasteiger partial charge is 0.275 e. The Bertz CT molecular complexity index is 642. The number of benzene rings is 1. The number of hydrogen-bond acceptors (Lipinski definition) is 3. The fraction of sp³-hybridized carbons (Fsp3) is 0.467. The molecule has 1 fully saturated rings. The van der Waals surface area contributed by atoms with E-state index in [1.165, 1.54) is 0 Å². The lowest BCUT2D eigenvalue weighted by Gasteiger charge is -2.33. The molecule has 1 aliphatic rings. The van der Waals surface area contributed by atoms with Crippen molar-refractivity contribution in [1.29, 1.82) is 0 Å². The van der Waals surface area contributed by atoms with Gasteiger partial charge in [-0.2, -0.15) is 5.10 Å². The lowest BCUT2D eigenvalue weighted by Crippen LogP contribution is -2.48. The highest BCUT2D eigenvalue weighted by Crippen LogP contribution is 2.29. The van der Waals surface area contributed by atoms with E-state index in [-0.39, 0.29) is 11.9 Å². The lowest BCUT2D eigenvalue weighted by atomic mass is 9.96. The summed E-state index contributed by atoms with van der Waals surface area (Å²) in [5, 5.41) is 18.1. The Balaban J connectivity index is 1.96. The van der Waals surface area contributed by atoms with Gasteiger partial charge in [0.2, 0.25) is 0 Å². The van der Waals surface area contributed by atoms with Gasteiger partial charge in [0.15, 0.2) is 5.69 Å². The molecule has 5 heteroatoms. The number of nitrogens with one attached hydrogen (secondary N) is 1. The van der Waals surface area contributed by atoms with Gasteiger partial charge in [-0.25, -0.2) is 0 Å². The molecule has 0 radical (unpaired) electrons. The van der Waals surface area contributed by atoms with Crippen LogP contribution in [0.25, 0.3) is 10.9 Å². The number of aromatic nitrogens is 2. The highest BCUT2D eigenvalue weighted by atomic mass is 16.3. The molecular weight excluding hydrogens is 254 g/mol. The van der Waals surface area contributed by atoms with Crippen LogP contribution in [0.5, 0.6) is 0 Å². The van der Waals surface area contributed by atoms with Crippen molar-refractivity contribution in [1.82, 2.24) is 15.1 Å². The summed E-state index contributed by atoms with van der Waals surface area (Å²) in [6.45, 7) is 4.19.